The topological polar surface area (TPSA) is 84.2 Å². The lowest BCUT2D eigenvalue weighted by atomic mass is 9.99. The Morgan fingerprint density at radius 1 is 1.28 bits per heavy atom. The normalized spacial score (nSPS) is 13.1. The number of nitrogens with one attached hydrogen (secondary N) is 1. The molecule has 29 heavy (non-hydrogen) atoms. The van der Waals surface area contributed by atoms with Gasteiger partial charge in [-0.1, -0.05) is 63.4 Å². The fraction of sp³-hybridized carbons (Fsp3) is 0.500. The van der Waals surface area contributed by atoms with Gasteiger partial charge in [0.15, 0.2) is 0 Å². The van der Waals surface area contributed by atoms with Crippen molar-refractivity contribution in [1.29, 1.82) is 0 Å². The van der Waals surface area contributed by atoms with Gasteiger partial charge in [-0.15, -0.1) is 0 Å². The predicted molar refractivity (Wildman–Crippen MR) is 114 cm³/mol. The molecule has 6 nitrogen and oxygen atoms in total. The van der Waals surface area contributed by atoms with Crippen LogP contribution in [0.3, 0.4) is 0 Å². The van der Waals surface area contributed by atoms with Crippen LogP contribution in [0, 0.1) is 5.92 Å². The summed E-state index contributed by atoms with van der Waals surface area (Å²) >= 11 is 6.33. The minimum Gasteiger partial charge on any atom is -0.480 e. The van der Waals surface area contributed by atoms with Gasteiger partial charge >= 0.3 is 5.97 Å². The Morgan fingerprint density at radius 3 is 2.62 bits per heavy atom. The first kappa shape index (κ1) is 22.9. The molecule has 0 aliphatic heterocycles. The third-order valence-corrected chi connectivity index (χ3v) is 5.57. The molecule has 1 aromatic heterocycles. The summed E-state index contributed by atoms with van der Waals surface area (Å²) in [5.74, 6) is -0.572. The van der Waals surface area contributed by atoms with Gasteiger partial charge in [-0.2, -0.15) is 0 Å². The number of aromatic nitrogens is 2. The number of aliphatic carboxylic acids is 1. The van der Waals surface area contributed by atoms with Crippen LogP contribution < -0.4 is 5.32 Å². The summed E-state index contributed by atoms with van der Waals surface area (Å²) in [6.07, 6.45) is 5.31. The average Bonchev–Trinajstić information content (AvgIpc) is 3.06. The van der Waals surface area contributed by atoms with Crippen LogP contribution in [-0.4, -0.2) is 32.6 Å². The van der Waals surface area contributed by atoms with E-state index in [9.17, 15) is 14.7 Å². The molecule has 0 saturated carbocycles. The van der Waals surface area contributed by atoms with E-state index < -0.39 is 12.0 Å². The molecule has 7 heteroatoms. The van der Waals surface area contributed by atoms with E-state index in [1.807, 2.05) is 42.7 Å². The summed E-state index contributed by atoms with van der Waals surface area (Å²) in [5, 5.41) is 12.8. The molecule has 1 heterocycles. The molecular weight excluding hydrogens is 390 g/mol. The second-order valence-corrected chi connectivity index (χ2v) is 7.80. The number of imidazole rings is 1. The summed E-state index contributed by atoms with van der Waals surface area (Å²) < 4.78 is 2.02. The number of aryl methyl sites for hydroxylation is 1. The van der Waals surface area contributed by atoms with Crippen molar-refractivity contribution in [1.82, 2.24) is 14.9 Å². The van der Waals surface area contributed by atoms with Crippen LogP contribution in [-0.2, 0) is 29.0 Å². The number of carboxylic acid groups (broad SMARTS) is 1. The van der Waals surface area contributed by atoms with E-state index in [0.717, 1.165) is 36.3 Å². The minimum atomic E-state index is -1.01. The smallest absolute Gasteiger partial charge is 0.326 e. The molecule has 2 rings (SSSR count). The van der Waals surface area contributed by atoms with Crippen LogP contribution in [0.4, 0.5) is 0 Å². The molecule has 2 unspecified atom stereocenters. The Hall–Kier alpha value is -2.34. The number of carbonyl (C=O) groups excluding carboxylic acids is 1. The summed E-state index contributed by atoms with van der Waals surface area (Å²) in [4.78, 5) is 28.6. The van der Waals surface area contributed by atoms with E-state index in [0.29, 0.717) is 18.0 Å². The number of rotatable bonds is 11. The second kappa shape index (κ2) is 11.0. The van der Waals surface area contributed by atoms with Crippen molar-refractivity contribution >= 4 is 23.5 Å². The quantitative estimate of drug-likeness (QED) is 0.574. The maximum atomic E-state index is 12.6. The van der Waals surface area contributed by atoms with Crippen LogP contribution in [0.2, 0.25) is 5.02 Å². The molecule has 0 spiro atoms. The van der Waals surface area contributed by atoms with Crippen LogP contribution in [0.25, 0.3) is 0 Å². The lowest BCUT2D eigenvalue weighted by Crippen LogP contribution is -2.45. The molecule has 0 saturated heterocycles. The molecule has 0 fully saturated rings. The fourth-order valence-corrected chi connectivity index (χ4v) is 3.39. The van der Waals surface area contributed by atoms with Crippen molar-refractivity contribution in [2.45, 2.75) is 65.5 Å². The molecule has 2 N–H and O–H groups in total. The van der Waals surface area contributed by atoms with E-state index in [2.05, 4.69) is 17.2 Å². The Morgan fingerprint density at radius 2 is 2.00 bits per heavy atom. The lowest BCUT2D eigenvalue weighted by Gasteiger charge is -2.20. The highest BCUT2D eigenvalue weighted by atomic mass is 35.5. The predicted octanol–water partition coefficient (Wildman–Crippen LogP) is 4.09. The van der Waals surface area contributed by atoms with E-state index in [-0.39, 0.29) is 18.2 Å². The standard InChI is InChI=1S/C22H30ClN3O3/c1-4-6-11-19-24-13-17(26(19)14-16-9-7-8-10-18(16)23)12-20(27)25-21(22(28)29)15(3)5-2/h7-10,13,15,21H,4-6,11-12,14H2,1-3H3,(H,25,27)(H,28,29). The summed E-state index contributed by atoms with van der Waals surface area (Å²) in [7, 11) is 0. The number of carboxylic acids is 1. The maximum Gasteiger partial charge on any atom is 0.326 e. The van der Waals surface area contributed by atoms with Gasteiger partial charge in [0, 0.05) is 23.3 Å². The molecule has 2 atom stereocenters. The highest BCUT2D eigenvalue weighted by Crippen LogP contribution is 2.19. The van der Waals surface area contributed by atoms with Crippen LogP contribution in [0.1, 0.15) is 57.1 Å². The number of carbonyl (C=O) groups is 2. The Kier molecular flexibility index (Phi) is 8.70. The first-order valence-corrected chi connectivity index (χ1v) is 10.5. The molecule has 1 aromatic carbocycles. The largest absolute Gasteiger partial charge is 0.480 e. The number of nitrogens with zero attached hydrogens (tertiary/aromatic N) is 2. The molecule has 2 aromatic rings. The van der Waals surface area contributed by atoms with Gasteiger partial charge in [0.25, 0.3) is 0 Å². The monoisotopic (exact) mass is 419 g/mol. The summed E-state index contributed by atoms with van der Waals surface area (Å²) in [5.41, 5.74) is 1.71. The molecule has 0 aliphatic rings. The molecule has 0 aliphatic carbocycles. The van der Waals surface area contributed by atoms with E-state index in [1.165, 1.54) is 0 Å². The van der Waals surface area contributed by atoms with E-state index >= 15 is 0 Å². The number of hydrogen-bond donors (Lipinski definition) is 2. The molecule has 0 bridgehead atoms. The molecule has 158 valence electrons. The second-order valence-electron chi connectivity index (χ2n) is 7.39. The van der Waals surface area contributed by atoms with Gasteiger partial charge < -0.3 is 15.0 Å². The highest BCUT2D eigenvalue weighted by molar-refractivity contribution is 6.31. The van der Waals surface area contributed by atoms with Crippen LogP contribution >= 0.6 is 11.6 Å². The number of amides is 1. The Balaban J connectivity index is 2.23. The Bertz CT molecular complexity index is 834. The first-order chi connectivity index (χ1) is 13.9. The van der Waals surface area contributed by atoms with E-state index in [4.69, 9.17) is 11.6 Å². The highest BCUT2D eigenvalue weighted by Gasteiger charge is 2.26. The summed E-state index contributed by atoms with van der Waals surface area (Å²) in [6, 6.07) is 6.72. The zero-order valence-electron chi connectivity index (χ0n) is 17.3. The van der Waals surface area contributed by atoms with Gasteiger partial charge in [0.2, 0.25) is 5.91 Å². The van der Waals surface area contributed by atoms with Crippen molar-refractivity contribution in [3.63, 3.8) is 0 Å². The van der Waals surface area contributed by atoms with Crippen molar-refractivity contribution in [3.05, 3.63) is 52.6 Å². The molecular formula is C22H30ClN3O3. The number of unbranched alkanes of at least 4 members (excludes halogenated alkanes) is 1. The van der Waals surface area contributed by atoms with Gasteiger partial charge in [0.05, 0.1) is 13.0 Å². The van der Waals surface area contributed by atoms with Crippen LogP contribution in [0.5, 0.6) is 0 Å². The Labute approximate surface area is 177 Å². The molecule has 1 amide bonds. The first-order valence-electron chi connectivity index (χ1n) is 10.2. The van der Waals surface area contributed by atoms with Gasteiger partial charge in [-0.05, 0) is 24.0 Å². The third-order valence-electron chi connectivity index (χ3n) is 5.20. The lowest BCUT2D eigenvalue weighted by molar-refractivity contribution is -0.143. The van der Waals surface area contributed by atoms with Gasteiger partial charge in [0.1, 0.15) is 11.9 Å². The van der Waals surface area contributed by atoms with E-state index in [1.54, 1.807) is 6.20 Å². The van der Waals surface area contributed by atoms with Crippen molar-refractivity contribution in [2.24, 2.45) is 5.92 Å². The zero-order chi connectivity index (χ0) is 21.4. The molecule has 0 radical (unpaired) electrons. The van der Waals surface area contributed by atoms with Crippen molar-refractivity contribution in [3.8, 4) is 0 Å². The zero-order valence-corrected chi connectivity index (χ0v) is 18.1. The number of halogens is 1. The average molecular weight is 420 g/mol. The fourth-order valence-electron chi connectivity index (χ4n) is 3.19. The number of hydrogen-bond acceptors (Lipinski definition) is 3. The van der Waals surface area contributed by atoms with Crippen molar-refractivity contribution in [2.75, 3.05) is 0 Å². The minimum absolute atomic E-state index is 0.0732. The van der Waals surface area contributed by atoms with Gasteiger partial charge in [-0.3, -0.25) is 4.79 Å². The number of benzene rings is 1. The third kappa shape index (κ3) is 6.32. The maximum absolute atomic E-state index is 12.6. The van der Waals surface area contributed by atoms with Gasteiger partial charge in [-0.25, -0.2) is 9.78 Å². The summed E-state index contributed by atoms with van der Waals surface area (Å²) in [6.45, 7) is 6.38. The van der Waals surface area contributed by atoms with Crippen molar-refractivity contribution < 1.29 is 14.7 Å². The van der Waals surface area contributed by atoms with Crippen LogP contribution in [0.15, 0.2) is 30.5 Å². The SMILES string of the molecule is CCCCc1ncc(CC(=O)NC(C(=O)O)C(C)CC)n1Cc1ccccc1Cl.